The average Bonchev–Trinajstić information content (AvgIpc) is 2.26. The summed E-state index contributed by atoms with van der Waals surface area (Å²) in [6, 6.07) is 0. The van der Waals surface area contributed by atoms with Crippen LogP contribution in [0.1, 0.15) is 6.42 Å². The molecule has 4 heteroatoms. The van der Waals surface area contributed by atoms with Gasteiger partial charge in [0.05, 0.1) is 6.61 Å². The Labute approximate surface area is 89.4 Å². The van der Waals surface area contributed by atoms with Gasteiger partial charge in [0, 0.05) is 11.6 Å². The van der Waals surface area contributed by atoms with E-state index < -0.39 is 0 Å². The number of ether oxygens (including phenoxy) is 1. The lowest BCUT2D eigenvalue weighted by Crippen LogP contribution is -2.11. The van der Waals surface area contributed by atoms with Crippen molar-refractivity contribution in [1.82, 2.24) is 0 Å². The van der Waals surface area contributed by atoms with Crippen LogP contribution in [0.15, 0.2) is 35.1 Å². The molecule has 0 radical (unpaired) electrons. The number of rotatable bonds is 4. The maximum Gasteiger partial charge on any atom is 0.115 e. The van der Waals surface area contributed by atoms with E-state index in [-0.39, 0.29) is 12.5 Å². The third kappa shape index (κ3) is 3.12. The molecule has 0 aromatic heterocycles. The lowest BCUT2D eigenvalue weighted by atomic mass is 9.98. The van der Waals surface area contributed by atoms with Crippen molar-refractivity contribution < 1.29 is 9.84 Å². The standard InChI is InChI=1S/C10H15NO2S/c11-10(7-14)8-1-3-9(4-2-8)13-6-5-12/h1,3-4,7-8,12,14H,2,5-6,11H2/b10-7-. The molecule has 0 saturated carbocycles. The first kappa shape index (κ1) is 11.2. The van der Waals surface area contributed by atoms with Gasteiger partial charge in [-0.2, -0.15) is 0 Å². The van der Waals surface area contributed by atoms with E-state index in [9.17, 15) is 0 Å². The molecule has 1 rings (SSSR count). The summed E-state index contributed by atoms with van der Waals surface area (Å²) < 4.78 is 5.24. The summed E-state index contributed by atoms with van der Waals surface area (Å²) in [6.45, 7) is 0.367. The minimum Gasteiger partial charge on any atom is -0.492 e. The first-order valence-corrected chi connectivity index (χ1v) is 5.01. The van der Waals surface area contributed by atoms with Gasteiger partial charge in [0.2, 0.25) is 0 Å². The van der Waals surface area contributed by atoms with Gasteiger partial charge < -0.3 is 15.6 Å². The predicted octanol–water partition coefficient (Wildman–Crippen LogP) is 1.19. The second kappa shape index (κ2) is 5.78. The normalized spacial score (nSPS) is 22.0. The average molecular weight is 213 g/mol. The Morgan fingerprint density at radius 2 is 2.57 bits per heavy atom. The van der Waals surface area contributed by atoms with E-state index in [1.165, 1.54) is 0 Å². The molecule has 0 amide bonds. The lowest BCUT2D eigenvalue weighted by molar-refractivity contribution is 0.150. The summed E-state index contributed by atoms with van der Waals surface area (Å²) in [5.41, 5.74) is 6.47. The Morgan fingerprint density at radius 3 is 3.07 bits per heavy atom. The van der Waals surface area contributed by atoms with Gasteiger partial charge >= 0.3 is 0 Å². The molecule has 14 heavy (non-hydrogen) atoms. The summed E-state index contributed by atoms with van der Waals surface area (Å²) >= 11 is 4.00. The number of hydrogen-bond donors (Lipinski definition) is 3. The molecule has 78 valence electrons. The molecule has 0 fully saturated rings. The van der Waals surface area contributed by atoms with Crippen LogP contribution in [0.5, 0.6) is 0 Å². The summed E-state index contributed by atoms with van der Waals surface area (Å²) in [7, 11) is 0. The number of aliphatic hydroxyl groups is 1. The van der Waals surface area contributed by atoms with Crippen LogP contribution >= 0.6 is 12.6 Å². The first-order valence-electron chi connectivity index (χ1n) is 4.49. The van der Waals surface area contributed by atoms with E-state index in [1.54, 1.807) is 5.41 Å². The van der Waals surface area contributed by atoms with Crippen molar-refractivity contribution in [3.8, 4) is 0 Å². The Kier molecular flexibility index (Phi) is 4.62. The van der Waals surface area contributed by atoms with Crippen molar-refractivity contribution in [1.29, 1.82) is 0 Å². The van der Waals surface area contributed by atoms with Crippen molar-refractivity contribution in [3.05, 3.63) is 35.1 Å². The predicted molar refractivity (Wildman–Crippen MR) is 59.6 cm³/mol. The number of thiol groups is 1. The Balaban J connectivity index is 2.45. The van der Waals surface area contributed by atoms with Crippen molar-refractivity contribution in [2.45, 2.75) is 6.42 Å². The van der Waals surface area contributed by atoms with E-state index >= 15 is 0 Å². The zero-order valence-electron chi connectivity index (χ0n) is 7.89. The van der Waals surface area contributed by atoms with Crippen LogP contribution in [0.3, 0.4) is 0 Å². The zero-order chi connectivity index (χ0) is 10.4. The van der Waals surface area contributed by atoms with Gasteiger partial charge in [-0.25, -0.2) is 0 Å². The van der Waals surface area contributed by atoms with Gasteiger partial charge in [-0.15, -0.1) is 12.6 Å². The first-order chi connectivity index (χ1) is 6.77. The van der Waals surface area contributed by atoms with Crippen LogP contribution in [-0.2, 0) is 4.74 Å². The van der Waals surface area contributed by atoms with Crippen LogP contribution in [0.25, 0.3) is 0 Å². The fourth-order valence-electron chi connectivity index (χ4n) is 1.21. The molecule has 0 aromatic rings. The molecule has 1 aliphatic rings. The molecule has 1 atom stereocenters. The van der Waals surface area contributed by atoms with E-state index in [4.69, 9.17) is 15.6 Å². The van der Waals surface area contributed by atoms with Crippen LogP contribution in [0.2, 0.25) is 0 Å². The molecule has 0 aliphatic heterocycles. The Hall–Kier alpha value is -0.870. The third-order valence-corrected chi connectivity index (χ3v) is 2.30. The summed E-state index contributed by atoms with van der Waals surface area (Å²) in [4.78, 5) is 0. The van der Waals surface area contributed by atoms with Crippen molar-refractivity contribution >= 4 is 12.6 Å². The zero-order valence-corrected chi connectivity index (χ0v) is 8.78. The highest BCUT2D eigenvalue weighted by molar-refractivity contribution is 7.83. The van der Waals surface area contributed by atoms with Crippen molar-refractivity contribution in [3.63, 3.8) is 0 Å². The summed E-state index contributed by atoms with van der Waals surface area (Å²) in [5, 5.41) is 10.2. The largest absolute Gasteiger partial charge is 0.492 e. The molecule has 1 aliphatic carbocycles. The molecular weight excluding hydrogens is 198 g/mol. The molecule has 0 aromatic carbocycles. The minimum absolute atomic E-state index is 0.0350. The SMILES string of the molecule is N/C(=C\S)C1C=CC(OCCO)=CC1. The smallest absolute Gasteiger partial charge is 0.115 e. The fraction of sp³-hybridized carbons (Fsp3) is 0.400. The fourth-order valence-corrected chi connectivity index (χ4v) is 1.41. The van der Waals surface area contributed by atoms with Gasteiger partial charge in [-0.05, 0) is 24.0 Å². The van der Waals surface area contributed by atoms with Crippen LogP contribution in [0, 0.1) is 5.92 Å². The summed E-state index contributed by atoms with van der Waals surface area (Å²) in [6.07, 6.45) is 6.63. The van der Waals surface area contributed by atoms with Crippen molar-refractivity contribution in [2.75, 3.05) is 13.2 Å². The molecule has 0 saturated heterocycles. The summed E-state index contributed by atoms with van der Waals surface area (Å²) in [5.74, 6) is 1.01. The number of hydrogen-bond acceptors (Lipinski definition) is 4. The Bertz CT molecular complexity index is 271. The van der Waals surface area contributed by atoms with Gasteiger partial charge in [-0.1, -0.05) is 6.08 Å². The van der Waals surface area contributed by atoms with E-state index in [0.717, 1.165) is 17.9 Å². The number of allylic oxidation sites excluding steroid dienone is 3. The van der Waals surface area contributed by atoms with Crippen LogP contribution < -0.4 is 5.73 Å². The van der Waals surface area contributed by atoms with Gasteiger partial charge in [0.15, 0.2) is 0 Å². The van der Waals surface area contributed by atoms with Crippen LogP contribution in [0.4, 0.5) is 0 Å². The molecule has 0 heterocycles. The van der Waals surface area contributed by atoms with Crippen molar-refractivity contribution in [2.24, 2.45) is 11.7 Å². The molecule has 0 spiro atoms. The minimum atomic E-state index is 0.0350. The number of nitrogens with two attached hydrogens (primary N) is 1. The second-order valence-electron chi connectivity index (χ2n) is 3.01. The third-order valence-electron chi connectivity index (χ3n) is 2.00. The van der Waals surface area contributed by atoms with Gasteiger partial charge in [0.25, 0.3) is 0 Å². The topological polar surface area (TPSA) is 55.5 Å². The second-order valence-corrected chi connectivity index (χ2v) is 3.27. The highest BCUT2D eigenvalue weighted by Gasteiger charge is 2.10. The van der Waals surface area contributed by atoms with Gasteiger partial charge in [0.1, 0.15) is 12.4 Å². The number of aliphatic hydroxyl groups excluding tert-OH is 1. The quantitative estimate of drug-likeness (QED) is 0.615. The molecule has 0 bridgehead atoms. The monoisotopic (exact) mass is 213 g/mol. The lowest BCUT2D eigenvalue weighted by Gasteiger charge is -2.16. The van der Waals surface area contributed by atoms with E-state index in [1.807, 2.05) is 18.2 Å². The Morgan fingerprint density at radius 1 is 1.79 bits per heavy atom. The van der Waals surface area contributed by atoms with E-state index in [2.05, 4.69) is 12.6 Å². The van der Waals surface area contributed by atoms with Crippen LogP contribution in [-0.4, -0.2) is 18.3 Å². The van der Waals surface area contributed by atoms with Gasteiger partial charge in [-0.3, -0.25) is 0 Å². The molecule has 3 N–H and O–H groups in total. The molecule has 1 unspecified atom stereocenters. The molecule has 3 nitrogen and oxygen atoms in total. The van der Waals surface area contributed by atoms with E-state index in [0.29, 0.717) is 6.61 Å². The highest BCUT2D eigenvalue weighted by atomic mass is 32.1. The maximum atomic E-state index is 8.56. The highest BCUT2D eigenvalue weighted by Crippen LogP contribution is 2.21. The maximum absolute atomic E-state index is 8.56. The molecular formula is C10H15NO2S.